The molecule has 0 saturated heterocycles. The zero-order valence-corrected chi connectivity index (χ0v) is 65.1. The SMILES string of the molecule is BrCc1ccc(Br)cc1.C.C=Cc1ccncc1.CCOC(OCC)c1ccc(C=O)cc1.CCOP(=O)(Cc1ccc(Br)cc1)OCC.CCOP(OCC)OCC.O=Cc1ccc(/C=C/c2ccc(/C=C/c3ccncc3)cc2)cc1.O=Cc1ccc(/C=C/c2ccc(Br)cc2)cc1.[H+]. The van der Waals surface area contributed by atoms with Crippen LogP contribution in [0.4, 0.5) is 0 Å². The van der Waals surface area contributed by atoms with Crippen molar-refractivity contribution in [3.63, 3.8) is 0 Å². The fourth-order valence-electron chi connectivity index (χ4n) is 7.83. The van der Waals surface area contributed by atoms with Gasteiger partial charge in [-0.05, 0) is 159 Å². The van der Waals surface area contributed by atoms with Crippen molar-refractivity contribution in [1.82, 2.24) is 9.97 Å². The molecule has 0 spiro atoms. The molecule has 2 aromatic heterocycles. The van der Waals surface area contributed by atoms with E-state index < -0.39 is 16.2 Å². The zero-order valence-electron chi connectivity index (χ0n) is 58.0. The van der Waals surface area contributed by atoms with E-state index in [9.17, 15) is 18.9 Å². The fraction of sp³-hybridized carbons (Fsp3) is 0.222. The van der Waals surface area contributed by atoms with Crippen molar-refractivity contribution in [3.8, 4) is 0 Å². The number of halogens is 4. The number of carbonyl (C=O) groups excluding carboxylic acids is 3. The van der Waals surface area contributed by atoms with Crippen LogP contribution in [0.1, 0.15) is 150 Å². The number of nitrogens with zero attached hydrogens (tertiary/aromatic N) is 2. The summed E-state index contributed by atoms with van der Waals surface area (Å²) in [6.45, 7) is 20.8. The Morgan fingerprint density at radius 3 is 0.960 bits per heavy atom. The first-order valence-electron chi connectivity index (χ1n) is 32.0. The third kappa shape index (κ3) is 39.9. The van der Waals surface area contributed by atoms with Crippen molar-refractivity contribution >= 4 is 141 Å². The molecule has 0 N–H and O–H groups in total. The van der Waals surface area contributed by atoms with Gasteiger partial charge in [0.1, 0.15) is 18.9 Å². The molecule has 19 heteroatoms. The summed E-state index contributed by atoms with van der Waals surface area (Å²) < 4.78 is 52.2. The number of carbonyl (C=O) groups is 3. The van der Waals surface area contributed by atoms with Crippen molar-refractivity contribution in [3.05, 3.63) is 311 Å². The zero-order chi connectivity index (χ0) is 72.1. The van der Waals surface area contributed by atoms with Gasteiger partial charge in [-0.25, -0.2) is 0 Å². The van der Waals surface area contributed by atoms with Gasteiger partial charge in [0.15, 0.2) is 6.29 Å². The van der Waals surface area contributed by atoms with Crippen LogP contribution < -0.4 is 0 Å². The minimum atomic E-state index is -2.97. The topological polar surface area (TPSA) is 159 Å². The van der Waals surface area contributed by atoms with Gasteiger partial charge in [0.05, 0.1) is 39.2 Å². The van der Waals surface area contributed by atoms with E-state index in [2.05, 4.69) is 135 Å². The largest absolute Gasteiger partial charge is 1.00 e. The first kappa shape index (κ1) is 89.2. The summed E-state index contributed by atoms with van der Waals surface area (Å²) in [5.74, 6) is 0. The summed E-state index contributed by atoms with van der Waals surface area (Å²) in [4.78, 5) is 39.5. The van der Waals surface area contributed by atoms with E-state index in [0.717, 1.165) is 87.7 Å². The fourth-order valence-corrected chi connectivity index (χ4v) is 11.6. The number of alkyl halides is 1. The molecule has 9 rings (SSSR count). The molecule has 7 aromatic carbocycles. The quantitative estimate of drug-likeness (QED) is 0.0150. The summed E-state index contributed by atoms with van der Waals surface area (Å²) in [7, 11) is -4.03. The molecule has 0 unspecified atom stereocenters. The number of hydrogen-bond acceptors (Lipinski definition) is 13. The Morgan fingerprint density at radius 2 is 0.680 bits per heavy atom. The maximum absolute atomic E-state index is 12.2. The molecular weight excluding hydrogens is 1560 g/mol. The lowest BCUT2D eigenvalue weighted by Gasteiger charge is -2.17. The number of benzene rings is 7. The summed E-state index contributed by atoms with van der Waals surface area (Å²) in [6.07, 6.45) is 23.7. The van der Waals surface area contributed by atoms with E-state index in [1.165, 1.54) is 5.56 Å². The molecule has 0 fully saturated rings. The second kappa shape index (κ2) is 55.8. The minimum Gasteiger partial charge on any atom is -0.349 e. The number of aldehydes is 3. The van der Waals surface area contributed by atoms with Crippen molar-refractivity contribution in [2.75, 3.05) is 46.2 Å². The lowest BCUT2D eigenvalue weighted by Crippen LogP contribution is -2.08. The molecule has 0 amide bonds. The maximum atomic E-state index is 12.2. The van der Waals surface area contributed by atoms with Gasteiger partial charge in [0, 0.05) is 79.0 Å². The Kier molecular flexibility index (Phi) is 49.7. The number of ether oxygens (including phenoxy) is 2. The van der Waals surface area contributed by atoms with E-state index in [4.69, 9.17) is 32.1 Å². The van der Waals surface area contributed by atoms with Crippen molar-refractivity contribution in [2.45, 2.75) is 73.7 Å². The molecule has 0 radical (unpaired) electrons. The normalized spacial score (nSPS) is 10.6. The van der Waals surface area contributed by atoms with E-state index in [1.807, 2.05) is 212 Å². The van der Waals surface area contributed by atoms with Gasteiger partial charge in [-0.15, -0.1) is 0 Å². The van der Waals surface area contributed by atoms with Gasteiger partial charge in [-0.2, -0.15) is 0 Å². The van der Waals surface area contributed by atoms with Gasteiger partial charge in [-0.3, -0.25) is 28.9 Å². The van der Waals surface area contributed by atoms with Gasteiger partial charge < -0.3 is 32.1 Å². The average Bonchev–Trinajstić information content (AvgIpc) is 1.37. The highest BCUT2D eigenvalue weighted by Crippen LogP contribution is 2.51. The molecule has 0 bridgehead atoms. The lowest BCUT2D eigenvalue weighted by atomic mass is 10.1. The highest BCUT2D eigenvalue weighted by atomic mass is 79.9. The highest BCUT2D eigenvalue weighted by Gasteiger charge is 2.24. The van der Waals surface area contributed by atoms with Crippen LogP contribution >= 0.6 is 79.9 Å². The molecule has 2 heterocycles. The Bertz CT molecular complexity index is 3720. The van der Waals surface area contributed by atoms with Crippen LogP contribution in [-0.2, 0) is 48.1 Å². The molecule has 100 heavy (non-hydrogen) atoms. The molecule has 0 aliphatic carbocycles. The van der Waals surface area contributed by atoms with Crippen LogP contribution in [-0.4, -0.2) is 75.1 Å². The Morgan fingerprint density at radius 1 is 0.400 bits per heavy atom. The maximum Gasteiger partial charge on any atom is 1.00 e. The molecule has 0 aliphatic heterocycles. The third-order valence-electron chi connectivity index (χ3n) is 12.7. The molecular formula is C81H93Br4N2O11P2+. The smallest absolute Gasteiger partial charge is 0.349 e. The highest BCUT2D eigenvalue weighted by molar-refractivity contribution is 9.11. The number of hydrogen-bond donors (Lipinski definition) is 0. The second-order valence-corrected chi connectivity index (χ2v) is 26.6. The van der Waals surface area contributed by atoms with Gasteiger partial charge >= 0.3 is 17.6 Å². The van der Waals surface area contributed by atoms with E-state index >= 15 is 0 Å². The molecule has 9 aromatic rings. The first-order valence-corrected chi connectivity index (χ1v) is 38.3. The number of aromatic nitrogens is 2. The standard InChI is InChI=1S/C22H17NO.C15H11BrO.C12H16O3.C11H16BrO3P.C7H6Br2.C7H7N.C6H15O3P.CH4/c24-17-22-11-9-20(10-12-22)6-5-18-1-3-19(4-2-18)7-8-21-13-15-23-16-14-21;16-15-9-7-13(8-10-15)2-1-12-3-5-14(11-17)6-4-12;1-3-14-12(15-4-2)11-7-5-10(9-13)6-8-11;1-3-14-16(13,15-4-2)9-10-5-7-11(12)8-6-10;8-5-6-1-3-7(9)4-2-6;1-2-7-3-5-8-6-4-7;1-4-7-10(8-5-2)9-6-3;/h1-17H;1-11H;5-9,12H,3-4H2,1-2H3;5-8H,3-4,9H2,1-2H3;1-4H,5H2;2-6H,1H2;4-6H2,1-3H3;1H4/p+1/b6-5+,8-7+;2-1+;;;;;;. The summed E-state index contributed by atoms with van der Waals surface area (Å²) in [6, 6.07) is 62.3. The molecule has 0 atom stereocenters. The molecule has 530 valence electrons. The van der Waals surface area contributed by atoms with E-state index in [-0.39, 0.29) is 15.1 Å². The Hall–Kier alpha value is -6.89. The van der Waals surface area contributed by atoms with Crippen LogP contribution in [0.2, 0.25) is 0 Å². The lowest BCUT2D eigenvalue weighted by molar-refractivity contribution is -0.140. The Balaban J connectivity index is 0.000000605. The number of pyridine rings is 2. The molecule has 0 aliphatic rings. The third-order valence-corrected chi connectivity index (χ3v) is 18.4. The van der Waals surface area contributed by atoms with Crippen LogP contribution in [0.15, 0.2) is 239 Å². The van der Waals surface area contributed by atoms with Crippen molar-refractivity contribution in [2.24, 2.45) is 0 Å². The van der Waals surface area contributed by atoms with Crippen LogP contribution in [0, 0.1) is 0 Å². The molecule has 0 saturated carbocycles. The Labute approximate surface area is 630 Å². The predicted molar refractivity (Wildman–Crippen MR) is 433 cm³/mol. The second-order valence-electron chi connectivity index (χ2n) is 20.0. The predicted octanol–water partition coefficient (Wildman–Crippen LogP) is 24.6. The van der Waals surface area contributed by atoms with Crippen molar-refractivity contribution < 1.29 is 52.5 Å². The van der Waals surface area contributed by atoms with Crippen molar-refractivity contribution in [1.29, 1.82) is 0 Å². The minimum absolute atomic E-state index is 0. The van der Waals surface area contributed by atoms with Crippen LogP contribution in [0.5, 0.6) is 0 Å². The van der Waals surface area contributed by atoms with Gasteiger partial charge in [-0.1, -0.05) is 254 Å². The first-order chi connectivity index (χ1) is 48.1. The monoisotopic (exact) mass is 1650 g/mol. The summed E-state index contributed by atoms with van der Waals surface area (Å²) >= 11 is 13.5. The average molecular weight is 1650 g/mol. The summed E-state index contributed by atoms with van der Waals surface area (Å²) in [5.41, 5.74) is 13.1. The van der Waals surface area contributed by atoms with E-state index in [0.29, 0.717) is 69.1 Å². The van der Waals surface area contributed by atoms with Gasteiger partial charge in [0.25, 0.3) is 0 Å². The van der Waals surface area contributed by atoms with Crippen LogP contribution in [0.3, 0.4) is 0 Å². The summed E-state index contributed by atoms with van der Waals surface area (Å²) in [5, 5.41) is 0.931. The molecule has 13 nitrogen and oxygen atoms in total. The van der Waals surface area contributed by atoms with Crippen LogP contribution in [0.25, 0.3) is 42.5 Å². The number of rotatable bonds is 28. The van der Waals surface area contributed by atoms with E-state index in [1.54, 1.807) is 43.0 Å². The van der Waals surface area contributed by atoms with Gasteiger partial charge in [0.2, 0.25) is 0 Å².